The number of nitrogens with zero attached hydrogens (tertiary/aromatic N) is 2. The van der Waals surface area contributed by atoms with Crippen LogP contribution in [0.15, 0.2) is 0 Å². The van der Waals surface area contributed by atoms with Gasteiger partial charge >= 0.3 is 12.0 Å². The van der Waals surface area contributed by atoms with Crippen molar-refractivity contribution in [3.8, 4) is 0 Å². The van der Waals surface area contributed by atoms with Gasteiger partial charge in [-0.1, -0.05) is 0 Å². The van der Waals surface area contributed by atoms with Crippen LogP contribution in [0, 0.1) is 0 Å². The van der Waals surface area contributed by atoms with Crippen LogP contribution in [0.25, 0.3) is 0 Å². The van der Waals surface area contributed by atoms with E-state index in [-0.39, 0.29) is 31.3 Å². The lowest BCUT2D eigenvalue weighted by atomic mass is 10.4. The zero-order valence-electron chi connectivity index (χ0n) is 10.9. The zero-order chi connectivity index (χ0) is 14.3. The van der Waals surface area contributed by atoms with Crippen LogP contribution < -0.4 is 0 Å². The van der Waals surface area contributed by atoms with Gasteiger partial charge in [0.25, 0.3) is 0 Å². The first-order valence-electron chi connectivity index (χ1n) is 5.57. The molecule has 8 heteroatoms. The largest absolute Gasteiger partial charge is 0.481 e. The number of aliphatic carboxylic acids is 1. The van der Waals surface area contributed by atoms with Crippen LogP contribution in [0.2, 0.25) is 0 Å². The van der Waals surface area contributed by atoms with Crippen molar-refractivity contribution >= 4 is 21.8 Å². The molecule has 0 rings (SSSR count). The molecule has 106 valence electrons. The highest BCUT2D eigenvalue weighted by molar-refractivity contribution is 7.90. The lowest BCUT2D eigenvalue weighted by Crippen LogP contribution is -2.43. The number of carboxylic acid groups (broad SMARTS) is 1. The molecule has 0 heterocycles. The summed E-state index contributed by atoms with van der Waals surface area (Å²) < 4.78 is 22.0. The lowest BCUT2D eigenvalue weighted by Gasteiger charge is -2.26. The van der Waals surface area contributed by atoms with Crippen LogP contribution in [0.1, 0.15) is 13.3 Å². The number of hydrogen-bond donors (Lipinski definition) is 1. The molecule has 0 aliphatic heterocycles. The van der Waals surface area contributed by atoms with E-state index in [9.17, 15) is 18.0 Å². The van der Waals surface area contributed by atoms with Crippen LogP contribution in [0.4, 0.5) is 4.79 Å². The molecule has 1 N–H and O–H groups in total. The molecule has 0 aliphatic rings. The minimum absolute atomic E-state index is 0.0985. The fourth-order valence-electron chi connectivity index (χ4n) is 1.26. The van der Waals surface area contributed by atoms with E-state index < -0.39 is 15.8 Å². The Kier molecular flexibility index (Phi) is 6.67. The molecule has 2 amide bonds. The summed E-state index contributed by atoms with van der Waals surface area (Å²) in [5.41, 5.74) is 0. The highest BCUT2D eigenvalue weighted by Crippen LogP contribution is 1.99. The van der Waals surface area contributed by atoms with Gasteiger partial charge in [-0.25, -0.2) is 13.2 Å². The van der Waals surface area contributed by atoms with Gasteiger partial charge in [-0.15, -0.1) is 0 Å². The van der Waals surface area contributed by atoms with Crippen molar-refractivity contribution in [1.82, 2.24) is 9.80 Å². The first-order valence-corrected chi connectivity index (χ1v) is 7.63. The fourth-order valence-corrected chi connectivity index (χ4v) is 1.86. The second kappa shape index (κ2) is 7.20. The van der Waals surface area contributed by atoms with E-state index in [1.54, 1.807) is 6.92 Å². The molecular formula is C10H20N2O5S. The maximum absolute atomic E-state index is 11.9. The molecule has 0 fully saturated rings. The lowest BCUT2D eigenvalue weighted by molar-refractivity contribution is -0.137. The van der Waals surface area contributed by atoms with Crippen LogP contribution >= 0.6 is 0 Å². The quantitative estimate of drug-likeness (QED) is 0.701. The Morgan fingerprint density at radius 1 is 1.22 bits per heavy atom. The van der Waals surface area contributed by atoms with Gasteiger partial charge in [-0.2, -0.15) is 0 Å². The van der Waals surface area contributed by atoms with E-state index in [0.29, 0.717) is 6.54 Å². The van der Waals surface area contributed by atoms with Gasteiger partial charge in [0, 0.05) is 32.9 Å². The molecule has 0 aromatic carbocycles. The highest BCUT2D eigenvalue weighted by atomic mass is 32.2. The second-order valence-corrected chi connectivity index (χ2v) is 6.32. The summed E-state index contributed by atoms with van der Waals surface area (Å²) >= 11 is 0. The van der Waals surface area contributed by atoms with E-state index >= 15 is 0 Å². The van der Waals surface area contributed by atoms with Gasteiger partial charge in [0.1, 0.15) is 9.84 Å². The van der Waals surface area contributed by atoms with Gasteiger partial charge < -0.3 is 14.9 Å². The smallest absolute Gasteiger partial charge is 0.319 e. The molecular weight excluding hydrogens is 260 g/mol. The number of carbonyl (C=O) groups is 2. The Morgan fingerprint density at radius 2 is 1.78 bits per heavy atom. The molecule has 7 nitrogen and oxygen atoms in total. The van der Waals surface area contributed by atoms with Crippen LogP contribution in [-0.2, 0) is 14.6 Å². The summed E-state index contributed by atoms with van der Waals surface area (Å²) in [6.07, 6.45) is 0.979. The third-order valence-corrected chi connectivity index (χ3v) is 3.30. The molecule has 0 spiro atoms. The van der Waals surface area contributed by atoms with Crippen molar-refractivity contribution in [2.45, 2.75) is 13.3 Å². The number of carbonyl (C=O) groups excluding carboxylic acids is 1. The first-order chi connectivity index (χ1) is 8.17. The van der Waals surface area contributed by atoms with E-state index in [1.807, 2.05) is 0 Å². The van der Waals surface area contributed by atoms with Crippen molar-refractivity contribution in [3.63, 3.8) is 0 Å². The number of amides is 2. The molecule has 0 aromatic rings. The number of hydrogen-bond acceptors (Lipinski definition) is 4. The fraction of sp³-hybridized carbons (Fsp3) is 0.800. The highest BCUT2D eigenvalue weighted by Gasteiger charge is 2.18. The van der Waals surface area contributed by atoms with Gasteiger partial charge in [-0.05, 0) is 6.92 Å². The molecule has 0 bridgehead atoms. The average Bonchev–Trinajstić information content (AvgIpc) is 2.25. The second-order valence-electron chi connectivity index (χ2n) is 4.06. The Balaban J connectivity index is 4.35. The molecule has 0 aliphatic carbocycles. The van der Waals surface area contributed by atoms with Gasteiger partial charge in [0.05, 0.1) is 12.2 Å². The van der Waals surface area contributed by atoms with E-state index in [2.05, 4.69) is 0 Å². The van der Waals surface area contributed by atoms with Gasteiger partial charge in [0.15, 0.2) is 0 Å². The Bertz CT molecular complexity index is 393. The normalized spacial score (nSPS) is 11.1. The predicted molar refractivity (Wildman–Crippen MR) is 67.2 cm³/mol. The summed E-state index contributed by atoms with van der Waals surface area (Å²) in [4.78, 5) is 25.0. The Morgan fingerprint density at radius 3 is 2.17 bits per heavy atom. The van der Waals surface area contributed by atoms with Crippen LogP contribution in [0.5, 0.6) is 0 Å². The van der Waals surface area contributed by atoms with Crippen molar-refractivity contribution in [2.75, 3.05) is 38.7 Å². The van der Waals surface area contributed by atoms with Crippen LogP contribution in [-0.4, -0.2) is 74.0 Å². The van der Waals surface area contributed by atoms with Gasteiger partial charge in [-0.3, -0.25) is 4.79 Å². The van der Waals surface area contributed by atoms with Crippen LogP contribution in [0.3, 0.4) is 0 Å². The first kappa shape index (κ1) is 16.7. The van der Waals surface area contributed by atoms with E-state index in [0.717, 1.165) is 6.26 Å². The summed E-state index contributed by atoms with van der Waals surface area (Å²) in [6, 6.07) is -0.359. The average molecular weight is 280 g/mol. The third kappa shape index (κ3) is 7.10. The molecule has 0 radical (unpaired) electrons. The Hall–Kier alpha value is -1.31. The minimum Gasteiger partial charge on any atom is -0.481 e. The summed E-state index contributed by atoms with van der Waals surface area (Å²) in [7, 11) is -1.62. The number of carboxylic acids is 1. The molecule has 0 saturated heterocycles. The maximum atomic E-state index is 11.9. The molecule has 18 heavy (non-hydrogen) atoms. The zero-order valence-corrected chi connectivity index (χ0v) is 11.7. The van der Waals surface area contributed by atoms with E-state index in [1.165, 1.54) is 16.8 Å². The predicted octanol–water partition coefficient (Wildman–Crippen LogP) is -0.121. The molecule has 0 saturated carbocycles. The van der Waals surface area contributed by atoms with Crippen molar-refractivity contribution < 1.29 is 23.1 Å². The van der Waals surface area contributed by atoms with Crippen molar-refractivity contribution in [3.05, 3.63) is 0 Å². The number of urea groups is 1. The standard InChI is InChI=1S/C10H20N2O5S/c1-4-12(6-5-9(13)14)10(15)11(2)7-8-18(3,16)17/h4-8H2,1-3H3,(H,13,14). The monoisotopic (exact) mass is 280 g/mol. The van der Waals surface area contributed by atoms with Gasteiger partial charge in [0.2, 0.25) is 0 Å². The summed E-state index contributed by atoms with van der Waals surface area (Å²) in [6.45, 7) is 2.34. The SMILES string of the molecule is CCN(CCC(=O)O)C(=O)N(C)CCS(C)(=O)=O. The summed E-state index contributed by atoms with van der Waals surface area (Å²) in [5, 5.41) is 8.56. The molecule has 0 atom stereocenters. The molecule has 0 unspecified atom stereocenters. The minimum atomic E-state index is -3.12. The van der Waals surface area contributed by atoms with Crippen molar-refractivity contribution in [2.24, 2.45) is 0 Å². The Labute approximate surface area is 107 Å². The third-order valence-electron chi connectivity index (χ3n) is 2.37. The maximum Gasteiger partial charge on any atom is 0.319 e. The number of sulfone groups is 1. The number of rotatable bonds is 7. The summed E-state index contributed by atoms with van der Waals surface area (Å²) in [5.74, 6) is -1.08. The van der Waals surface area contributed by atoms with Crippen molar-refractivity contribution in [1.29, 1.82) is 0 Å². The topological polar surface area (TPSA) is 95.0 Å². The molecule has 0 aromatic heterocycles. The van der Waals surface area contributed by atoms with E-state index in [4.69, 9.17) is 5.11 Å².